The van der Waals surface area contributed by atoms with E-state index in [9.17, 15) is 12.8 Å². The van der Waals surface area contributed by atoms with Gasteiger partial charge in [-0.25, -0.2) is 22.5 Å². The number of sulfone groups is 1. The Morgan fingerprint density at radius 3 is 2.60 bits per heavy atom. The molecule has 0 unspecified atom stereocenters. The summed E-state index contributed by atoms with van der Waals surface area (Å²) in [7, 11) is -4.91. The average Bonchev–Trinajstić information content (AvgIpc) is 2.86. The van der Waals surface area contributed by atoms with E-state index < -0.39 is 23.7 Å². The number of nitrogens with zero attached hydrogens (tertiary/aromatic N) is 4. The molecule has 138 valence electrons. The van der Waals surface area contributed by atoms with Gasteiger partial charge in [-0.15, -0.1) is 5.10 Å². The van der Waals surface area contributed by atoms with Gasteiger partial charge in [0.1, 0.15) is 12.4 Å². The molecule has 0 aromatic carbocycles. The van der Waals surface area contributed by atoms with Crippen LogP contribution in [0.4, 0.5) is 4.39 Å². The fourth-order valence-corrected chi connectivity index (χ4v) is 3.68. The van der Waals surface area contributed by atoms with Crippen LogP contribution in [0.1, 0.15) is 0 Å². The molecule has 0 aliphatic carbocycles. The normalized spacial score (nSPS) is 12.6. The number of ether oxygens (including phenoxy) is 1. The molecule has 0 N–H and O–H groups in total. The summed E-state index contributed by atoms with van der Waals surface area (Å²) >= 11 is 3.12. The first-order valence-electron chi connectivity index (χ1n) is 7.51. The van der Waals surface area contributed by atoms with E-state index in [2.05, 4.69) is 50.6 Å². The molecule has 0 spiro atoms. The molecule has 0 saturated heterocycles. The molecule has 0 fully saturated rings. The standard InChI is InChI=1S/C14H20BrFN4O3SSi/c1-24(21,22)14-18-13(12-11(16)7-10(15)8-17-12)19-20(14)9-23-5-6-25(2,3)4/h7-8H,5-6,9H2,1-4H3. The third-order valence-electron chi connectivity index (χ3n) is 3.20. The average molecular weight is 451 g/mol. The Hall–Kier alpha value is -1.17. The van der Waals surface area contributed by atoms with Gasteiger partial charge in [-0.1, -0.05) is 19.6 Å². The number of rotatable bonds is 7. The topological polar surface area (TPSA) is 87.0 Å². The Morgan fingerprint density at radius 2 is 2.04 bits per heavy atom. The van der Waals surface area contributed by atoms with E-state index in [0.29, 0.717) is 11.1 Å². The van der Waals surface area contributed by atoms with Crippen molar-refractivity contribution in [2.45, 2.75) is 37.6 Å². The van der Waals surface area contributed by atoms with Gasteiger partial charge in [-0.2, -0.15) is 4.98 Å². The molecule has 7 nitrogen and oxygen atoms in total. The van der Waals surface area contributed by atoms with Crippen molar-refractivity contribution in [3.63, 3.8) is 0 Å². The maximum atomic E-state index is 14.1. The summed E-state index contributed by atoms with van der Waals surface area (Å²) in [5.74, 6) is -0.745. The predicted octanol–water partition coefficient (Wildman–Crippen LogP) is 2.96. The number of aromatic nitrogens is 4. The Bertz CT molecular complexity index is 867. The molecule has 0 atom stereocenters. The van der Waals surface area contributed by atoms with Crippen LogP contribution in [0.15, 0.2) is 21.9 Å². The molecule has 0 aliphatic heterocycles. The summed E-state index contributed by atoms with van der Waals surface area (Å²) in [4.78, 5) is 7.87. The highest BCUT2D eigenvalue weighted by molar-refractivity contribution is 9.10. The van der Waals surface area contributed by atoms with Gasteiger partial charge >= 0.3 is 0 Å². The molecule has 11 heteroatoms. The van der Waals surface area contributed by atoms with Crippen molar-refractivity contribution in [1.82, 2.24) is 19.7 Å². The van der Waals surface area contributed by atoms with Crippen LogP contribution in [-0.2, 0) is 21.3 Å². The third kappa shape index (κ3) is 5.66. The summed E-state index contributed by atoms with van der Waals surface area (Å²) < 4.78 is 45.1. The molecule has 2 aromatic rings. The largest absolute Gasteiger partial charge is 0.359 e. The lowest BCUT2D eigenvalue weighted by molar-refractivity contribution is 0.0715. The van der Waals surface area contributed by atoms with Gasteiger partial charge in [-0.05, 0) is 28.0 Å². The highest BCUT2D eigenvalue weighted by Crippen LogP contribution is 2.21. The number of hydrogen-bond acceptors (Lipinski definition) is 6. The van der Waals surface area contributed by atoms with E-state index in [0.717, 1.165) is 17.0 Å². The van der Waals surface area contributed by atoms with E-state index in [1.54, 1.807) is 0 Å². The second kappa shape index (κ2) is 7.60. The number of hydrogen-bond donors (Lipinski definition) is 0. The van der Waals surface area contributed by atoms with Crippen LogP contribution < -0.4 is 0 Å². The first-order valence-corrected chi connectivity index (χ1v) is 13.9. The minimum absolute atomic E-state index is 0.0714. The van der Waals surface area contributed by atoms with Crippen LogP contribution in [0.2, 0.25) is 25.7 Å². The fraction of sp³-hybridized carbons (Fsp3) is 0.500. The summed E-state index contributed by atoms with van der Waals surface area (Å²) in [6, 6.07) is 2.15. The van der Waals surface area contributed by atoms with Gasteiger partial charge in [-0.3, -0.25) is 0 Å². The smallest absolute Gasteiger partial charge is 0.248 e. The van der Waals surface area contributed by atoms with Crippen molar-refractivity contribution in [3.8, 4) is 11.5 Å². The summed E-state index contributed by atoms with van der Waals surface area (Å²) in [5, 5.41) is 3.79. The molecule has 0 radical (unpaired) electrons. The molecule has 2 aromatic heterocycles. The zero-order valence-electron chi connectivity index (χ0n) is 14.5. The van der Waals surface area contributed by atoms with Crippen molar-refractivity contribution >= 4 is 33.8 Å². The molecular weight excluding hydrogens is 431 g/mol. The van der Waals surface area contributed by atoms with Crippen molar-refractivity contribution in [3.05, 3.63) is 22.6 Å². The predicted molar refractivity (Wildman–Crippen MR) is 98.1 cm³/mol. The van der Waals surface area contributed by atoms with E-state index in [1.807, 2.05) is 0 Å². The van der Waals surface area contributed by atoms with E-state index in [1.165, 1.54) is 12.3 Å². The molecular formula is C14H20BrFN4O3SSi. The van der Waals surface area contributed by atoms with Gasteiger partial charge in [0.25, 0.3) is 0 Å². The lowest BCUT2D eigenvalue weighted by Gasteiger charge is -2.15. The molecule has 0 bridgehead atoms. The van der Waals surface area contributed by atoms with E-state index in [-0.39, 0.29) is 23.4 Å². The molecule has 25 heavy (non-hydrogen) atoms. The van der Waals surface area contributed by atoms with Crippen molar-refractivity contribution < 1.29 is 17.5 Å². The highest BCUT2D eigenvalue weighted by Gasteiger charge is 2.23. The summed E-state index contributed by atoms with van der Waals surface area (Å²) in [5.41, 5.74) is -0.117. The Labute approximate surface area is 155 Å². The number of pyridine rings is 1. The van der Waals surface area contributed by atoms with Crippen molar-refractivity contribution in [1.29, 1.82) is 0 Å². The van der Waals surface area contributed by atoms with Crippen molar-refractivity contribution in [2.24, 2.45) is 0 Å². The zero-order chi connectivity index (χ0) is 18.8. The Morgan fingerprint density at radius 1 is 1.36 bits per heavy atom. The lowest BCUT2D eigenvalue weighted by atomic mass is 10.3. The minimum atomic E-state index is -3.65. The van der Waals surface area contributed by atoms with Gasteiger partial charge in [0.2, 0.25) is 20.8 Å². The van der Waals surface area contributed by atoms with Crippen LogP contribution in [0.25, 0.3) is 11.5 Å². The quantitative estimate of drug-likeness (QED) is 0.475. The maximum absolute atomic E-state index is 14.1. The first kappa shape index (κ1) is 20.1. The first-order chi connectivity index (χ1) is 11.5. The van der Waals surface area contributed by atoms with Crippen LogP contribution in [0.5, 0.6) is 0 Å². The van der Waals surface area contributed by atoms with Gasteiger partial charge < -0.3 is 4.74 Å². The molecule has 2 heterocycles. The minimum Gasteiger partial charge on any atom is -0.359 e. The van der Waals surface area contributed by atoms with Crippen LogP contribution >= 0.6 is 15.9 Å². The second-order valence-electron chi connectivity index (χ2n) is 6.82. The third-order valence-corrected chi connectivity index (χ3v) is 6.30. The molecule has 0 aliphatic rings. The fourth-order valence-electron chi connectivity index (χ4n) is 1.89. The van der Waals surface area contributed by atoms with Gasteiger partial charge in [0.15, 0.2) is 5.82 Å². The van der Waals surface area contributed by atoms with E-state index >= 15 is 0 Å². The van der Waals surface area contributed by atoms with Gasteiger partial charge in [0.05, 0.1) is 0 Å². The van der Waals surface area contributed by atoms with Crippen LogP contribution in [0, 0.1) is 5.82 Å². The number of halogens is 2. The Balaban J connectivity index is 2.28. The van der Waals surface area contributed by atoms with Crippen LogP contribution in [0.3, 0.4) is 0 Å². The summed E-state index contributed by atoms with van der Waals surface area (Å²) in [6.45, 7) is 7.08. The lowest BCUT2D eigenvalue weighted by Crippen LogP contribution is -2.22. The molecule has 0 amide bonds. The second-order valence-corrected chi connectivity index (χ2v) is 15.3. The van der Waals surface area contributed by atoms with Crippen LogP contribution in [-0.4, -0.2) is 49.1 Å². The van der Waals surface area contributed by atoms with Gasteiger partial charge in [0, 0.05) is 31.6 Å². The summed E-state index contributed by atoms with van der Waals surface area (Å²) in [6.07, 6.45) is 2.41. The monoisotopic (exact) mass is 450 g/mol. The SMILES string of the molecule is C[Si](C)(C)CCOCn1nc(-c2ncc(Br)cc2F)nc1S(C)(=O)=O. The highest BCUT2D eigenvalue weighted by atomic mass is 79.9. The molecule has 0 saturated carbocycles. The maximum Gasteiger partial charge on any atom is 0.248 e. The molecule has 2 rings (SSSR count). The van der Waals surface area contributed by atoms with E-state index in [4.69, 9.17) is 4.74 Å². The zero-order valence-corrected chi connectivity index (χ0v) is 17.9. The Kier molecular flexibility index (Phi) is 6.12. The van der Waals surface area contributed by atoms with Crippen molar-refractivity contribution in [2.75, 3.05) is 12.9 Å².